The van der Waals surface area contributed by atoms with Crippen molar-refractivity contribution in [2.75, 3.05) is 18.1 Å². The van der Waals surface area contributed by atoms with Gasteiger partial charge in [-0.15, -0.1) is 12.4 Å². The lowest BCUT2D eigenvalue weighted by Crippen LogP contribution is -2.56. The third-order valence-electron chi connectivity index (χ3n) is 2.76. The Kier molecular flexibility index (Phi) is 3.68. The normalized spacial score (nSPS) is 41.2. The molecule has 2 atom stereocenters. The average Bonchev–Trinajstić information content (AvgIpc) is 2.46. The zero-order valence-corrected chi connectivity index (χ0v) is 8.65. The number of piperidine rings is 1. The molecular formula is C8H15ClFNS. The van der Waals surface area contributed by atoms with Crippen LogP contribution in [0.15, 0.2) is 0 Å². The fourth-order valence-corrected chi connectivity index (χ4v) is 3.42. The van der Waals surface area contributed by atoms with Crippen molar-refractivity contribution in [1.29, 1.82) is 0 Å². The van der Waals surface area contributed by atoms with Crippen molar-refractivity contribution in [3.05, 3.63) is 0 Å². The van der Waals surface area contributed by atoms with Gasteiger partial charge in [-0.1, -0.05) is 0 Å². The first-order chi connectivity index (χ1) is 5.33. The summed E-state index contributed by atoms with van der Waals surface area (Å²) in [6, 6.07) is 0. The molecule has 72 valence electrons. The molecule has 0 saturated carbocycles. The molecule has 1 spiro atoms. The van der Waals surface area contributed by atoms with E-state index in [2.05, 4.69) is 5.32 Å². The van der Waals surface area contributed by atoms with E-state index in [1.807, 2.05) is 11.8 Å². The minimum Gasteiger partial charge on any atom is -0.308 e. The highest BCUT2D eigenvalue weighted by molar-refractivity contribution is 7.99. The number of thioether (sulfide) groups is 1. The highest BCUT2D eigenvalue weighted by Gasteiger charge is 2.43. The van der Waals surface area contributed by atoms with E-state index in [1.54, 1.807) is 0 Å². The lowest BCUT2D eigenvalue weighted by atomic mass is 9.87. The number of alkyl halides is 1. The van der Waals surface area contributed by atoms with Crippen LogP contribution in [0, 0.1) is 0 Å². The largest absolute Gasteiger partial charge is 0.308 e. The summed E-state index contributed by atoms with van der Waals surface area (Å²) in [5.41, 5.74) is -0.122. The molecule has 2 aliphatic rings. The summed E-state index contributed by atoms with van der Waals surface area (Å²) in [4.78, 5) is 0. The van der Waals surface area contributed by atoms with Gasteiger partial charge in [-0.3, -0.25) is 0 Å². The van der Waals surface area contributed by atoms with Gasteiger partial charge in [-0.2, -0.15) is 11.8 Å². The summed E-state index contributed by atoms with van der Waals surface area (Å²) in [7, 11) is 0. The summed E-state index contributed by atoms with van der Waals surface area (Å²) in [5, 5.41) is 3.35. The molecular weight excluding hydrogens is 197 g/mol. The summed E-state index contributed by atoms with van der Waals surface area (Å²) in [6.07, 6.45) is 2.21. The van der Waals surface area contributed by atoms with Crippen molar-refractivity contribution < 1.29 is 4.39 Å². The van der Waals surface area contributed by atoms with Gasteiger partial charge in [0.15, 0.2) is 0 Å². The number of halogens is 2. The van der Waals surface area contributed by atoms with Crippen LogP contribution in [0.1, 0.15) is 19.3 Å². The summed E-state index contributed by atoms with van der Waals surface area (Å²) in [6.45, 7) is 1.01. The number of hydrogen-bond donors (Lipinski definition) is 1. The third kappa shape index (κ3) is 1.73. The second-order valence-electron chi connectivity index (χ2n) is 3.50. The van der Waals surface area contributed by atoms with Crippen LogP contribution in [0.2, 0.25) is 0 Å². The van der Waals surface area contributed by atoms with Crippen molar-refractivity contribution in [1.82, 2.24) is 5.32 Å². The first-order valence-electron chi connectivity index (χ1n) is 4.30. The van der Waals surface area contributed by atoms with Gasteiger partial charge in [-0.05, 0) is 31.6 Å². The molecule has 0 aromatic carbocycles. The zero-order valence-electron chi connectivity index (χ0n) is 7.01. The van der Waals surface area contributed by atoms with Gasteiger partial charge in [0.25, 0.3) is 0 Å². The van der Waals surface area contributed by atoms with Crippen LogP contribution in [0.25, 0.3) is 0 Å². The SMILES string of the molecule is Cl.FC1CCCNC12CCSC2. The highest BCUT2D eigenvalue weighted by atomic mass is 35.5. The Labute approximate surface area is 83.3 Å². The van der Waals surface area contributed by atoms with E-state index in [1.165, 1.54) is 0 Å². The Balaban J connectivity index is 0.000000720. The van der Waals surface area contributed by atoms with E-state index in [9.17, 15) is 4.39 Å². The number of nitrogens with one attached hydrogen (secondary N) is 1. The highest BCUT2D eigenvalue weighted by Crippen LogP contribution is 2.36. The predicted molar refractivity (Wildman–Crippen MR) is 54.1 cm³/mol. The van der Waals surface area contributed by atoms with E-state index in [0.29, 0.717) is 0 Å². The standard InChI is InChI=1S/C8H14FNS.ClH/c9-7-2-1-4-10-8(7)3-5-11-6-8;/h7,10H,1-6H2;1H. The average molecular weight is 212 g/mol. The van der Waals surface area contributed by atoms with Crippen molar-refractivity contribution in [3.63, 3.8) is 0 Å². The van der Waals surface area contributed by atoms with Crippen LogP contribution >= 0.6 is 24.2 Å². The maximum atomic E-state index is 13.5. The maximum absolute atomic E-state index is 13.5. The molecule has 12 heavy (non-hydrogen) atoms. The molecule has 2 saturated heterocycles. The minimum absolute atomic E-state index is 0. The van der Waals surface area contributed by atoms with E-state index in [4.69, 9.17) is 0 Å². The molecule has 0 bridgehead atoms. The first kappa shape index (κ1) is 10.6. The van der Waals surface area contributed by atoms with Crippen LogP contribution < -0.4 is 5.32 Å². The molecule has 1 nitrogen and oxygen atoms in total. The topological polar surface area (TPSA) is 12.0 Å². The summed E-state index contributed by atoms with van der Waals surface area (Å²) in [5.74, 6) is 2.11. The van der Waals surface area contributed by atoms with Crippen molar-refractivity contribution in [2.24, 2.45) is 0 Å². The third-order valence-corrected chi connectivity index (χ3v) is 3.98. The van der Waals surface area contributed by atoms with Gasteiger partial charge in [0.2, 0.25) is 0 Å². The van der Waals surface area contributed by atoms with Crippen LogP contribution in [0.5, 0.6) is 0 Å². The second kappa shape index (κ2) is 4.16. The number of hydrogen-bond acceptors (Lipinski definition) is 2. The first-order valence-corrected chi connectivity index (χ1v) is 5.46. The molecule has 4 heteroatoms. The van der Waals surface area contributed by atoms with E-state index >= 15 is 0 Å². The Morgan fingerprint density at radius 2 is 2.33 bits per heavy atom. The van der Waals surface area contributed by atoms with Gasteiger partial charge in [-0.25, -0.2) is 4.39 Å². The quantitative estimate of drug-likeness (QED) is 0.658. The van der Waals surface area contributed by atoms with Gasteiger partial charge in [0.1, 0.15) is 6.17 Å². The molecule has 1 N–H and O–H groups in total. The molecule has 2 fully saturated rings. The van der Waals surface area contributed by atoms with Gasteiger partial charge >= 0.3 is 0 Å². The lowest BCUT2D eigenvalue weighted by Gasteiger charge is -2.37. The fraction of sp³-hybridized carbons (Fsp3) is 1.00. The van der Waals surface area contributed by atoms with E-state index in [0.717, 1.165) is 37.3 Å². The fourth-order valence-electron chi connectivity index (χ4n) is 1.97. The van der Waals surface area contributed by atoms with Crippen LogP contribution in [0.3, 0.4) is 0 Å². The molecule has 2 aliphatic heterocycles. The summed E-state index contributed by atoms with van der Waals surface area (Å²) < 4.78 is 13.5. The maximum Gasteiger partial charge on any atom is 0.119 e. The molecule has 2 rings (SSSR count). The molecule has 0 radical (unpaired) electrons. The van der Waals surface area contributed by atoms with Crippen LogP contribution in [-0.2, 0) is 0 Å². The molecule has 2 heterocycles. The smallest absolute Gasteiger partial charge is 0.119 e. The van der Waals surface area contributed by atoms with Crippen LogP contribution in [0.4, 0.5) is 4.39 Å². The Bertz CT molecular complexity index is 150. The molecule has 0 aromatic rings. The van der Waals surface area contributed by atoms with Gasteiger partial charge in [0.05, 0.1) is 5.54 Å². The molecule has 0 amide bonds. The second-order valence-corrected chi connectivity index (χ2v) is 4.60. The van der Waals surface area contributed by atoms with Crippen molar-refractivity contribution in [3.8, 4) is 0 Å². The van der Waals surface area contributed by atoms with E-state index < -0.39 is 6.17 Å². The molecule has 0 aliphatic carbocycles. The Morgan fingerprint density at radius 1 is 1.50 bits per heavy atom. The monoisotopic (exact) mass is 211 g/mol. The van der Waals surface area contributed by atoms with Crippen LogP contribution in [-0.4, -0.2) is 29.8 Å². The van der Waals surface area contributed by atoms with E-state index in [-0.39, 0.29) is 17.9 Å². The predicted octanol–water partition coefficient (Wildman–Crippen LogP) is 2.01. The Hall–Kier alpha value is 0.530. The van der Waals surface area contributed by atoms with Crippen molar-refractivity contribution >= 4 is 24.2 Å². The lowest BCUT2D eigenvalue weighted by molar-refractivity contribution is 0.127. The van der Waals surface area contributed by atoms with Crippen molar-refractivity contribution in [2.45, 2.75) is 31.0 Å². The van der Waals surface area contributed by atoms with Gasteiger partial charge in [0, 0.05) is 5.75 Å². The van der Waals surface area contributed by atoms with Gasteiger partial charge < -0.3 is 5.32 Å². The molecule has 2 unspecified atom stereocenters. The Morgan fingerprint density at radius 3 is 2.92 bits per heavy atom. The molecule has 0 aromatic heterocycles. The number of rotatable bonds is 0. The zero-order chi connectivity index (χ0) is 7.73. The summed E-state index contributed by atoms with van der Waals surface area (Å²) >= 11 is 1.88. The minimum atomic E-state index is -0.591.